The Balaban J connectivity index is 1.98. The van der Waals surface area contributed by atoms with E-state index in [4.69, 9.17) is 6.42 Å². The van der Waals surface area contributed by atoms with Crippen LogP contribution in [0.2, 0.25) is 0 Å². The van der Waals surface area contributed by atoms with Gasteiger partial charge in [0.15, 0.2) is 0 Å². The molecular formula is C22H19NO2S. The first-order chi connectivity index (χ1) is 12.4. The Morgan fingerprint density at radius 3 is 2.38 bits per heavy atom. The fourth-order valence-electron chi connectivity index (χ4n) is 3.81. The molecule has 26 heavy (non-hydrogen) atoms. The lowest BCUT2D eigenvalue weighted by molar-refractivity contribution is -0.119. The second-order valence-electron chi connectivity index (χ2n) is 7.07. The summed E-state index contributed by atoms with van der Waals surface area (Å²) in [6.45, 7) is 3.54. The average Bonchev–Trinajstić information content (AvgIpc) is 3.08. The topological polar surface area (TPSA) is 49.3 Å². The number of carbonyl (C=O) groups excluding carboxylic acids is 1. The summed E-state index contributed by atoms with van der Waals surface area (Å²) in [6.07, 6.45) is 6.51. The predicted octanol–water partition coefficient (Wildman–Crippen LogP) is 3.58. The molecular weight excluding hydrogens is 342 g/mol. The smallest absolute Gasteiger partial charge is 0.252 e. The van der Waals surface area contributed by atoms with Crippen molar-refractivity contribution in [2.24, 2.45) is 0 Å². The van der Waals surface area contributed by atoms with E-state index >= 15 is 0 Å². The molecule has 2 aromatic rings. The molecule has 2 aliphatic carbocycles. The number of nitrogens with one attached hydrogen (secondary N) is 1. The minimum atomic E-state index is -0.938. The highest BCUT2D eigenvalue weighted by Gasteiger charge is 2.42. The van der Waals surface area contributed by atoms with E-state index in [0.29, 0.717) is 5.57 Å². The third-order valence-electron chi connectivity index (χ3n) is 4.98. The van der Waals surface area contributed by atoms with Crippen molar-refractivity contribution in [2.45, 2.75) is 25.5 Å². The molecule has 1 unspecified atom stereocenters. The van der Waals surface area contributed by atoms with Gasteiger partial charge in [0.25, 0.3) is 5.91 Å². The molecule has 130 valence electrons. The molecule has 0 fully saturated rings. The summed E-state index contributed by atoms with van der Waals surface area (Å²) < 4.78 is 0. The highest BCUT2D eigenvalue weighted by atomic mass is 32.2. The van der Waals surface area contributed by atoms with Gasteiger partial charge >= 0.3 is 0 Å². The Hall–Kier alpha value is -2.48. The normalized spacial score (nSPS) is 18.3. The van der Waals surface area contributed by atoms with Gasteiger partial charge in [-0.15, -0.1) is 18.2 Å². The lowest BCUT2D eigenvalue weighted by Crippen LogP contribution is -2.44. The number of terminal acetylenes is 1. The Kier molecular flexibility index (Phi) is 3.76. The Labute approximate surface area is 157 Å². The first kappa shape index (κ1) is 17.0. The molecule has 4 heteroatoms. The maximum absolute atomic E-state index is 13.0. The first-order valence-electron chi connectivity index (χ1n) is 8.43. The van der Waals surface area contributed by atoms with Crippen LogP contribution < -0.4 is 5.32 Å². The van der Waals surface area contributed by atoms with Crippen LogP contribution in [0.1, 0.15) is 25.0 Å². The molecule has 0 spiro atoms. The van der Waals surface area contributed by atoms with Crippen LogP contribution in [0.25, 0.3) is 21.9 Å². The fourth-order valence-corrected chi connectivity index (χ4v) is 4.56. The summed E-state index contributed by atoms with van der Waals surface area (Å²) in [4.78, 5) is 13.9. The van der Waals surface area contributed by atoms with Gasteiger partial charge in [0, 0.05) is 16.1 Å². The quantitative estimate of drug-likeness (QED) is 0.822. The molecule has 0 saturated carbocycles. The summed E-state index contributed by atoms with van der Waals surface area (Å²) in [5.74, 6) is 2.26. The van der Waals surface area contributed by atoms with Crippen molar-refractivity contribution in [2.75, 3.05) is 6.26 Å². The van der Waals surface area contributed by atoms with E-state index < -0.39 is 11.6 Å². The highest BCUT2D eigenvalue weighted by molar-refractivity contribution is 8.02. The van der Waals surface area contributed by atoms with Crippen LogP contribution in [0.3, 0.4) is 0 Å². The van der Waals surface area contributed by atoms with Gasteiger partial charge in [0.05, 0.1) is 11.1 Å². The van der Waals surface area contributed by atoms with Crippen molar-refractivity contribution in [3.8, 4) is 12.3 Å². The lowest BCUT2D eigenvalue weighted by Gasteiger charge is -2.22. The second-order valence-corrected chi connectivity index (χ2v) is 7.92. The number of allylic oxidation sites excluding steroid dienone is 2. The SMILES string of the molecule is C#CC(C)(C)NC(=O)C1=C2C(=C(SC)C1O)c1cccc3cccc2c13. The maximum Gasteiger partial charge on any atom is 0.252 e. The maximum atomic E-state index is 13.0. The summed E-state index contributed by atoms with van der Waals surface area (Å²) in [6, 6.07) is 12.2. The minimum Gasteiger partial charge on any atom is -0.383 e. The number of aliphatic hydroxyl groups excluding tert-OH is 1. The Morgan fingerprint density at radius 2 is 1.81 bits per heavy atom. The number of amides is 1. The summed E-state index contributed by atoms with van der Waals surface area (Å²) in [5, 5.41) is 16.1. The number of thioether (sulfide) groups is 1. The van der Waals surface area contributed by atoms with Crippen molar-refractivity contribution in [3.63, 3.8) is 0 Å². The van der Waals surface area contributed by atoms with Crippen LogP contribution in [0.4, 0.5) is 0 Å². The van der Waals surface area contributed by atoms with Gasteiger partial charge in [-0.25, -0.2) is 0 Å². The highest BCUT2D eigenvalue weighted by Crippen LogP contribution is 2.55. The summed E-state index contributed by atoms with van der Waals surface area (Å²) in [5.41, 5.74) is 3.48. The lowest BCUT2D eigenvalue weighted by atomic mass is 9.98. The average molecular weight is 361 g/mol. The van der Waals surface area contributed by atoms with E-state index in [1.165, 1.54) is 11.8 Å². The molecule has 0 bridgehead atoms. The number of rotatable bonds is 3. The number of carbonyl (C=O) groups is 1. The zero-order valence-corrected chi connectivity index (χ0v) is 15.7. The van der Waals surface area contributed by atoms with Gasteiger partial charge in [0.1, 0.15) is 6.10 Å². The van der Waals surface area contributed by atoms with Crippen molar-refractivity contribution in [1.82, 2.24) is 5.32 Å². The van der Waals surface area contributed by atoms with Crippen molar-refractivity contribution >= 4 is 39.6 Å². The molecule has 0 radical (unpaired) electrons. The van der Waals surface area contributed by atoms with E-state index in [1.807, 2.05) is 24.5 Å². The summed E-state index contributed by atoms with van der Waals surface area (Å²) >= 11 is 1.48. The van der Waals surface area contributed by atoms with E-state index in [2.05, 4.69) is 29.4 Å². The number of fused-ring (bicyclic) bond motifs is 3. The fraction of sp³-hybridized carbons (Fsp3) is 0.227. The first-order valence-corrected chi connectivity index (χ1v) is 9.65. The van der Waals surface area contributed by atoms with Gasteiger partial charge in [0.2, 0.25) is 0 Å². The van der Waals surface area contributed by atoms with E-state index in [0.717, 1.165) is 38.0 Å². The van der Waals surface area contributed by atoms with Crippen LogP contribution in [0.15, 0.2) is 46.9 Å². The van der Waals surface area contributed by atoms with Gasteiger partial charge < -0.3 is 10.4 Å². The van der Waals surface area contributed by atoms with Crippen molar-refractivity contribution in [1.29, 1.82) is 0 Å². The molecule has 1 atom stereocenters. The van der Waals surface area contributed by atoms with Crippen molar-refractivity contribution in [3.05, 3.63) is 58.0 Å². The molecule has 3 nitrogen and oxygen atoms in total. The Morgan fingerprint density at radius 1 is 1.19 bits per heavy atom. The summed E-state index contributed by atoms with van der Waals surface area (Å²) in [7, 11) is 0. The molecule has 0 aliphatic heterocycles. The number of aliphatic hydroxyl groups is 1. The van der Waals surface area contributed by atoms with Crippen LogP contribution in [0.5, 0.6) is 0 Å². The minimum absolute atomic E-state index is 0.318. The number of hydrogen-bond donors (Lipinski definition) is 2. The molecule has 0 saturated heterocycles. The third kappa shape index (κ3) is 2.25. The number of benzene rings is 2. The van der Waals surface area contributed by atoms with Crippen LogP contribution in [-0.2, 0) is 4.79 Å². The van der Waals surface area contributed by atoms with Crippen molar-refractivity contribution < 1.29 is 9.90 Å². The molecule has 0 aromatic heterocycles. The molecule has 4 rings (SSSR count). The zero-order valence-electron chi connectivity index (χ0n) is 14.9. The van der Waals surface area contributed by atoms with Gasteiger partial charge in [-0.05, 0) is 42.0 Å². The Bertz CT molecular complexity index is 1060. The molecule has 2 N–H and O–H groups in total. The van der Waals surface area contributed by atoms with Gasteiger partial charge in [-0.1, -0.05) is 42.3 Å². The standard InChI is InChI=1S/C22H19NO2S/c1-5-22(2,3)23-21(25)18-16-13-10-6-8-12-9-7-11-14(15(12)13)17(16)20(26-4)19(18)24/h1,6-11,19,24H,2-4H3,(H,23,25). The zero-order chi connectivity index (χ0) is 18.6. The predicted molar refractivity (Wildman–Crippen MR) is 108 cm³/mol. The number of hydrogen-bond acceptors (Lipinski definition) is 3. The van der Waals surface area contributed by atoms with Crippen LogP contribution in [-0.4, -0.2) is 28.9 Å². The second kappa shape index (κ2) is 5.77. The van der Waals surface area contributed by atoms with Gasteiger partial charge in [-0.2, -0.15) is 0 Å². The van der Waals surface area contributed by atoms with Crippen LogP contribution in [0, 0.1) is 12.3 Å². The van der Waals surface area contributed by atoms with E-state index in [1.54, 1.807) is 13.8 Å². The monoisotopic (exact) mass is 361 g/mol. The molecule has 2 aliphatic rings. The third-order valence-corrected chi connectivity index (χ3v) is 5.85. The van der Waals surface area contributed by atoms with Gasteiger partial charge in [-0.3, -0.25) is 4.79 Å². The molecule has 0 heterocycles. The molecule has 1 amide bonds. The van der Waals surface area contributed by atoms with E-state index in [-0.39, 0.29) is 5.91 Å². The van der Waals surface area contributed by atoms with E-state index in [9.17, 15) is 9.90 Å². The molecule has 2 aromatic carbocycles. The largest absolute Gasteiger partial charge is 0.383 e. The van der Waals surface area contributed by atoms with Crippen LogP contribution >= 0.6 is 11.8 Å².